The van der Waals surface area contributed by atoms with Crippen molar-refractivity contribution in [1.82, 2.24) is 4.98 Å². The summed E-state index contributed by atoms with van der Waals surface area (Å²) >= 11 is 0. The Balaban J connectivity index is 2.26. The molecule has 102 valence electrons. The Morgan fingerprint density at radius 3 is 2.37 bits per heavy atom. The standard InChI is InChI=1S/C13H16NO4P/c1-3-16-19(15,17-4-2)18-13-9-11-7-5-6-8-12(11)10-14-13/h5-10H,3-4H2,1-2H3. The first-order chi connectivity index (χ1) is 9.17. The first-order valence-electron chi connectivity index (χ1n) is 6.10. The normalized spacial score (nSPS) is 11.7. The fourth-order valence-electron chi connectivity index (χ4n) is 1.63. The highest BCUT2D eigenvalue weighted by Gasteiger charge is 2.27. The molecule has 0 aliphatic heterocycles. The predicted molar refractivity (Wildman–Crippen MR) is 73.2 cm³/mol. The van der Waals surface area contributed by atoms with E-state index in [1.807, 2.05) is 24.3 Å². The van der Waals surface area contributed by atoms with Crippen LogP contribution in [-0.2, 0) is 13.6 Å². The second kappa shape index (κ2) is 6.15. The molecule has 0 aliphatic carbocycles. The summed E-state index contributed by atoms with van der Waals surface area (Å²) in [5.41, 5.74) is 0. The van der Waals surface area contributed by atoms with Crippen molar-refractivity contribution in [3.8, 4) is 5.88 Å². The zero-order valence-corrected chi connectivity index (χ0v) is 11.8. The SMILES string of the molecule is CCOP(=O)(OCC)Oc1cc2ccccc2cn1. The van der Waals surface area contributed by atoms with Crippen LogP contribution in [0.15, 0.2) is 36.5 Å². The largest absolute Gasteiger partial charge is 0.531 e. The highest BCUT2D eigenvalue weighted by molar-refractivity contribution is 7.48. The van der Waals surface area contributed by atoms with E-state index < -0.39 is 7.82 Å². The van der Waals surface area contributed by atoms with Gasteiger partial charge in [-0.25, -0.2) is 9.55 Å². The number of phosphoric acid groups is 1. The number of hydrogen-bond acceptors (Lipinski definition) is 5. The maximum absolute atomic E-state index is 12.2. The van der Waals surface area contributed by atoms with Gasteiger partial charge in [-0.05, 0) is 19.2 Å². The lowest BCUT2D eigenvalue weighted by Crippen LogP contribution is -2.03. The molecule has 6 heteroatoms. The van der Waals surface area contributed by atoms with Crippen LogP contribution in [0.5, 0.6) is 5.88 Å². The smallest absolute Gasteiger partial charge is 0.386 e. The van der Waals surface area contributed by atoms with Crippen LogP contribution in [0.25, 0.3) is 10.8 Å². The highest BCUT2D eigenvalue weighted by Crippen LogP contribution is 2.48. The first-order valence-corrected chi connectivity index (χ1v) is 7.56. The fourth-order valence-corrected chi connectivity index (χ4v) is 2.78. The van der Waals surface area contributed by atoms with E-state index in [1.165, 1.54) is 0 Å². The number of phosphoric ester groups is 1. The number of rotatable bonds is 6. The van der Waals surface area contributed by atoms with E-state index >= 15 is 0 Å². The van der Waals surface area contributed by atoms with Crippen LogP contribution in [0.2, 0.25) is 0 Å². The molecular formula is C13H16NO4P. The second-order valence-electron chi connectivity index (χ2n) is 3.74. The average molecular weight is 281 g/mol. The summed E-state index contributed by atoms with van der Waals surface area (Å²) in [7, 11) is -3.58. The number of pyridine rings is 1. The molecule has 0 unspecified atom stereocenters. The Morgan fingerprint density at radius 2 is 1.74 bits per heavy atom. The minimum Gasteiger partial charge on any atom is -0.386 e. The number of fused-ring (bicyclic) bond motifs is 1. The van der Waals surface area contributed by atoms with Gasteiger partial charge in [0.25, 0.3) is 0 Å². The van der Waals surface area contributed by atoms with Gasteiger partial charge in [-0.15, -0.1) is 0 Å². The van der Waals surface area contributed by atoms with Crippen molar-refractivity contribution in [2.45, 2.75) is 13.8 Å². The monoisotopic (exact) mass is 281 g/mol. The van der Waals surface area contributed by atoms with Crippen LogP contribution in [0.3, 0.4) is 0 Å². The number of nitrogens with zero attached hydrogens (tertiary/aromatic N) is 1. The molecule has 0 N–H and O–H groups in total. The molecule has 19 heavy (non-hydrogen) atoms. The quantitative estimate of drug-likeness (QED) is 0.754. The van der Waals surface area contributed by atoms with Gasteiger partial charge in [0.05, 0.1) is 13.2 Å². The third-order valence-electron chi connectivity index (χ3n) is 2.39. The van der Waals surface area contributed by atoms with E-state index in [2.05, 4.69) is 4.98 Å². The second-order valence-corrected chi connectivity index (χ2v) is 5.34. The Hall–Kier alpha value is -1.42. The third-order valence-corrected chi connectivity index (χ3v) is 3.95. The van der Waals surface area contributed by atoms with E-state index in [-0.39, 0.29) is 19.1 Å². The molecule has 0 spiro atoms. The molecule has 1 heterocycles. The van der Waals surface area contributed by atoms with Crippen molar-refractivity contribution in [2.24, 2.45) is 0 Å². The first kappa shape index (κ1) is 14.0. The van der Waals surface area contributed by atoms with E-state index in [0.29, 0.717) is 0 Å². The number of hydrogen-bond donors (Lipinski definition) is 0. The van der Waals surface area contributed by atoms with Crippen LogP contribution in [-0.4, -0.2) is 18.2 Å². The fraction of sp³-hybridized carbons (Fsp3) is 0.308. The van der Waals surface area contributed by atoms with Gasteiger partial charge in [-0.3, -0.25) is 9.05 Å². The topological polar surface area (TPSA) is 57.7 Å². The molecule has 0 amide bonds. The summed E-state index contributed by atoms with van der Waals surface area (Å²) in [6.45, 7) is 3.93. The molecule has 2 rings (SSSR count). The van der Waals surface area contributed by atoms with Gasteiger partial charge >= 0.3 is 7.82 Å². The molecular weight excluding hydrogens is 265 g/mol. The maximum Gasteiger partial charge on any atom is 0.531 e. The van der Waals surface area contributed by atoms with Crippen molar-refractivity contribution in [3.63, 3.8) is 0 Å². The Kier molecular flexibility index (Phi) is 4.53. The van der Waals surface area contributed by atoms with Crippen molar-refractivity contribution >= 4 is 18.6 Å². The zero-order chi connectivity index (χ0) is 13.7. The van der Waals surface area contributed by atoms with Crippen molar-refractivity contribution < 1.29 is 18.1 Å². The Bertz CT molecular complexity index is 592. The van der Waals surface area contributed by atoms with Crippen molar-refractivity contribution in [2.75, 3.05) is 13.2 Å². The van der Waals surface area contributed by atoms with Crippen LogP contribution in [0.1, 0.15) is 13.8 Å². The highest BCUT2D eigenvalue weighted by atomic mass is 31.2. The lowest BCUT2D eigenvalue weighted by Gasteiger charge is -2.16. The molecule has 0 radical (unpaired) electrons. The van der Waals surface area contributed by atoms with Crippen LogP contribution in [0.4, 0.5) is 0 Å². The van der Waals surface area contributed by atoms with E-state index in [9.17, 15) is 4.57 Å². The Labute approximate surface area is 112 Å². The molecule has 0 aliphatic rings. The van der Waals surface area contributed by atoms with Gasteiger partial charge in [0, 0.05) is 17.6 Å². The molecule has 0 fully saturated rings. The van der Waals surface area contributed by atoms with Crippen molar-refractivity contribution in [3.05, 3.63) is 36.5 Å². The number of benzene rings is 1. The Morgan fingerprint density at radius 1 is 1.11 bits per heavy atom. The van der Waals surface area contributed by atoms with Gasteiger partial charge < -0.3 is 4.52 Å². The molecule has 0 saturated heterocycles. The third kappa shape index (κ3) is 3.53. The molecule has 1 aromatic heterocycles. The summed E-state index contributed by atoms with van der Waals surface area (Å²) in [6.07, 6.45) is 1.66. The van der Waals surface area contributed by atoms with Gasteiger partial charge in [0.1, 0.15) is 0 Å². The maximum atomic E-state index is 12.2. The van der Waals surface area contributed by atoms with Gasteiger partial charge in [-0.1, -0.05) is 24.3 Å². The summed E-state index contributed by atoms with van der Waals surface area (Å²) in [6, 6.07) is 9.42. The number of aromatic nitrogens is 1. The molecule has 5 nitrogen and oxygen atoms in total. The minimum atomic E-state index is -3.58. The molecule has 0 atom stereocenters. The molecule has 1 aromatic carbocycles. The summed E-state index contributed by atoms with van der Waals surface area (Å²) in [4.78, 5) is 4.10. The van der Waals surface area contributed by atoms with Gasteiger partial charge in [0.15, 0.2) is 0 Å². The molecule has 0 saturated carbocycles. The van der Waals surface area contributed by atoms with E-state index in [0.717, 1.165) is 10.8 Å². The lowest BCUT2D eigenvalue weighted by atomic mass is 10.2. The van der Waals surface area contributed by atoms with Crippen molar-refractivity contribution in [1.29, 1.82) is 0 Å². The minimum absolute atomic E-state index is 0.226. The van der Waals surface area contributed by atoms with Crippen LogP contribution < -0.4 is 4.52 Å². The van der Waals surface area contributed by atoms with E-state index in [4.69, 9.17) is 13.6 Å². The van der Waals surface area contributed by atoms with Gasteiger partial charge in [-0.2, -0.15) is 0 Å². The summed E-state index contributed by atoms with van der Waals surface area (Å²) in [5, 5.41) is 1.93. The summed E-state index contributed by atoms with van der Waals surface area (Å²) < 4.78 is 27.6. The van der Waals surface area contributed by atoms with E-state index in [1.54, 1.807) is 26.1 Å². The zero-order valence-electron chi connectivity index (χ0n) is 10.9. The van der Waals surface area contributed by atoms with Crippen LogP contribution in [0, 0.1) is 0 Å². The lowest BCUT2D eigenvalue weighted by molar-refractivity contribution is 0.166. The molecule has 0 bridgehead atoms. The summed E-state index contributed by atoms with van der Waals surface area (Å²) in [5.74, 6) is 0.226. The molecule has 2 aromatic rings. The van der Waals surface area contributed by atoms with Crippen LogP contribution >= 0.6 is 7.82 Å². The average Bonchev–Trinajstić information content (AvgIpc) is 2.39. The predicted octanol–water partition coefficient (Wildman–Crippen LogP) is 3.79. The van der Waals surface area contributed by atoms with Gasteiger partial charge in [0.2, 0.25) is 5.88 Å².